The molecule has 148 valence electrons. The molecule has 3 heterocycles. The van der Waals surface area contributed by atoms with Crippen LogP contribution < -0.4 is 16.1 Å². The summed E-state index contributed by atoms with van der Waals surface area (Å²) in [5, 5.41) is 12.2. The normalized spacial score (nSPS) is 20.2. The van der Waals surface area contributed by atoms with Crippen LogP contribution in [0.15, 0.2) is 33.9 Å². The molecule has 7 heteroatoms. The molecule has 1 aromatic carbocycles. The molecule has 3 aromatic rings. The lowest BCUT2D eigenvalue weighted by Crippen LogP contribution is -3.13. The lowest BCUT2D eigenvalue weighted by molar-refractivity contribution is -0.926. The monoisotopic (exact) mass is 383 g/mol. The van der Waals surface area contributed by atoms with Crippen molar-refractivity contribution in [2.24, 2.45) is 0 Å². The van der Waals surface area contributed by atoms with Gasteiger partial charge in [-0.05, 0) is 31.9 Å². The number of benzene rings is 1. The van der Waals surface area contributed by atoms with Gasteiger partial charge in [0.2, 0.25) is 5.88 Å². The van der Waals surface area contributed by atoms with Crippen molar-refractivity contribution < 1.29 is 10.0 Å². The average Bonchev–Trinajstić information content (AvgIpc) is 3.06. The van der Waals surface area contributed by atoms with Crippen molar-refractivity contribution in [2.45, 2.75) is 45.7 Å². The van der Waals surface area contributed by atoms with Gasteiger partial charge < -0.3 is 15.0 Å². The number of aromatic nitrogens is 3. The SMILES string of the molecule is CC[C@H](C)n1c(O)c([C@H]2c3[nH]c4ccccc4c3CC[NH+]2CC)c(=O)[nH]c1=O. The quantitative estimate of drug-likeness (QED) is 0.546. The highest BCUT2D eigenvalue weighted by atomic mass is 16.3. The molecule has 3 atom stereocenters. The van der Waals surface area contributed by atoms with Crippen molar-refractivity contribution in [2.75, 3.05) is 13.1 Å². The van der Waals surface area contributed by atoms with E-state index in [1.54, 1.807) is 0 Å². The first kappa shape index (κ1) is 18.6. The minimum atomic E-state index is -0.564. The number of fused-ring (bicyclic) bond motifs is 3. The Hall–Kier alpha value is -2.80. The van der Waals surface area contributed by atoms with Gasteiger partial charge >= 0.3 is 5.69 Å². The summed E-state index contributed by atoms with van der Waals surface area (Å²) in [7, 11) is 0. The highest BCUT2D eigenvalue weighted by Gasteiger charge is 2.39. The van der Waals surface area contributed by atoms with E-state index in [1.165, 1.54) is 15.0 Å². The van der Waals surface area contributed by atoms with E-state index in [4.69, 9.17) is 0 Å². The zero-order valence-electron chi connectivity index (χ0n) is 16.5. The smallest absolute Gasteiger partial charge is 0.331 e. The third kappa shape index (κ3) is 2.69. The second kappa shape index (κ2) is 6.98. The fraction of sp³-hybridized carbons (Fsp3) is 0.429. The fourth-order valence-corrected chi connectivity index (χ4v) is 4.50. The van der Waals surface area contributed by atoms with Crippen LogP contribution in [0.2, 0.25) is 0 Å². The zero-order chi connectivity index (χ0) is 20.0. The summed E-state index contributed by atoms with van der Waals surface area (Å²) in [4.78, 5) is 32.3. The molecule has 4 N–H and O–H groups in total. The molecule has 1 aliphatic rings. The van der Waals surface area contributed by atoms with E-state index in [9.17, 15) is 14.7 Å². The number of aromatic hydroxyl groups is 1. The first-order valence-electron chi connectivity index (χ1n) is 9.99. The number of para-hydroxylation sites is 1. The minimum Gasteiger partial charge on any atom is -0.494 e. The summed E-state index contributed by atoms with van der Waals surface area (Å²) in [6.45, 7) is 7.55. The third-order valence-corrected chi connectivity index (χ3v) is 6.17. The number of aromatic amines is 2. The van der Waals surface area contributed by atoms with Gasteiger partial charge in [0.05, 0.1) is 18.8 Å². The van der Waals surface area contributed by atoms with Crippen LogP contribution >= 0.6 is 0 Å². The van der Waals surface area contributed by atoms with Crippen molar-refractivity contribution in [3.63, 3.8) is 0 Å². The van der Waals surface area contributed by atoms with E-state index >= 15 is 0 Å². The maximum Gasteiger partial charge on any atom is 0.331 e. The first-order chi connectivity index (χ1) is 13.5. The van der Waals surface area contributed by atoms with Crippen molar-refractivity contribution in [1.29, 1.82) is 0 Å². The van der Waals surface area contributed by atoms with E-state index in [2.05, 4.69) is 23.0 Å². The summed E-state index contributed by atoms with van der Waals surface area (Å²) < 4.78 is 1.31. The topological polar surface area (TPSA) is 95.3 Å². The molecule has 1 unspecified atom stereocenters. The Balaban J connectivity index is 2.01. The summed E-state index contributed by atoms with van der Waals surface area (Å²) in [6.07, 6.45) is 1.58. The van der Waals surface area contributed by atoms with Crippen LogP contribution in [-0.2, 0) is 6.42 Å². The number of hydrogen-bond acceptors (Lipinski definition) is 3. The van der Waals surface area contributed by atoms with Crippen LogP contribution in [0, 0.1) is 0 Å². The highest BCUT2D eigenvalue weighted by Crippen LogP contribution is 2.33. The summed E-state index contributed by atoms with van der Waals surface area (Å²) in [6, 6.07) is 7.55. The number of likely N-dealkylation sites (N-methyl/N-ethyl adjacent to an activating group) is 1. The largest absolute Gasteiger partial charge is 0.494 e. The van der Waals surface area contributed by atoms with Gasteiger partial charge in [0.1, 0.15) is 5.56 Å². The van der Waals surface area contributed by atoms with Gasteiger partial charge in [-0.15, -0.1) is 0 Å². The Labute approximate surface area is 162 Å². The van der Waals surface area contributed by atoms with Crippen molar-refractivity contribution in [1.82, 2.24) is 14.5 Å². The molecule has 0 saturated heterocycles. The molecule has 0 radical (unpaired) electrons. The van der Waals surface area contributed by atoms with E-state index in [0.717, 1.165) is 36.1 Å². The predicted molar refractivity (Wildman–Crippen MR) is 108 cm³/mol. The third-order valence-electron chi connectivity index (χ3n) is 6.17. The number of H-pyrrole nitrogens is 2. The highest BCUT2D eigenvalue weighted by molar-refractivity contribution is 5.85. The van der Waals surface area contributed by atoms with E-state index in [0.29, 0.717) is 6.42 Å². The maximum atomic E-state index is 12.9. The minimum absolute atomic E-state index is 0.209. The Morgan fingerprint density at radius 1 is 1.25 bits per heavy atom. The number of nitrogens with zero attached hydrogens (tertiary/aromatic N) is 1. The lowest BCUT2D eigenvalue weighted by Gasteiger charge is -2.32. The van der Waals surface area contributed by atoms with Gasteiger partial charge in [-0.25, -0.2) is 4.79 Å². The first-order valence-corrected chi connectivity index (χ1v) is 9.99. The van der Waals surface area contributed by atoms with Gasteiger partial charge in [0, 0.05) is 23.4 Å². The summed E-state index contributed by atoms with van der Waals surface area (Å²) in [5.41, 5.74) is 2.37. The molecule has 4 rings (SSSR count). The fourth-order valence-electron chi connectivity index (χ4n) is 4.50. The van der Waals surface area contributed by atoms with Gasteiger partial charge in [-0.1, -0.05) is 25.1 Å². The molecular formula is C21H27N4O3+. The van der Waals surface area contributed by atoms with E-state index in [-0.39, 0.29) is 23.5 Å². The Bertz CT molecular complexity index is 1140. The van der Waals surface area contributed by atoms with Gasteiger partial charge in [0.25, 0.3) is 5.56 Å². The second-order valence-corrected chi connectivity index (χ2v) is 7.63. The van der Waals surface area contributed by atoms with Gasteiger partial charge in [0.15, 0.2) is 6.04 Å². The number of hydrogen-bond donors (Lipinski definition) is 4. The van der Waals surface area contributed by atoms with Crippen LogP contribution in [0.5, 0.6) is 5.88 Å². The van der Waals surface area contributed by atoms with Crippen molar-refractivity contribution >= 4 is 10.9 Å². The van der Waals surface area contributed by atoms with Crippen LogP contribution in [0.3, 0.4) is 0 Å². The molecule has 7 nitrogen and oxygen atoms in total. The Morgan fingerprint density at radius 2 is 2.00 bits per heavy atom. The van der Waals surface area contributed by atoms with E-state index < -0.39 is 11.2 Å². The van der Waals surface area contributed by atoms with Crippen LogP contribution in [0.25, 0.3) is 10.9 Å². The zero-order valence-corrected chi connectivity index (χ0v) is 16.5. The molecule has 0 aliphatic carbocycles. The van der Waals surface area contributed by atoms with Gasteiger partial charge in [-0.2, -0.15) is 0 Å². The molecule has 0 bridgehead atoms. The van der Waals surface area contributed by atoms with Crippen LogP contribution in [0.4, 0.5) is 0 Å². The molecule has 28 heavy (non-hydrogen) atoms. The van der Waals surface area contributed by atoms with Crippen LogP contribution in [-0.4, -0.2) is 32.7 Å². The van der Waals surface area contributed by atoms with Crippen molar-refractivity contribution in [3.8, 4) is 5.88 Å². The second-order valence-electron chi connectivity index (χ2n) is 7.63. The van der Waals surface area contributed by atoms with E-state index in [1.807, 2.05) is 32.0 Å². The van der Waals surface area contributed by atoms with Crippen molar-refractivity contribution in [3.05, 3.63) is 61.9 Å². The maximum absolute atomic E-state index is 12.9. The number of rotatable bonds is 4. The van der Waals surface area contributed by atoms with Crippen LogP contribution in [0.1, 0.15) is 56.1 Å². The predicted octanol–water partition coefficient (Wildman–Crippen LogP) is 1.24. The molecular weight excluding hydrogens is 356 g/mol. The molecule has 1 aliphatic heterocycles. The molecule has 0 spiro atoms. The van der Waals surface area contributed by atoms with Gasteiger partial charge in [-0.3, -0.25) is 14.3 Å². The molecule has 0 saturated carbocycles. The summed E-state index contributed by atoms with van der Waals surface area (Å²) in [5.74, 6) is -0.217. The molecule has 0 fully saturated rings. The number of quaternary nitrogens is 1. The Morgan fingerprint density at radius 3 is 2.71 bits per heavy atom. The number of nitrogens with one attached hydrogen (secondary N) is 3. The lowest BCUT2D eigenvalue weighted by atomic mass is 9.93. The standard InChI is InChI=1S/C21H26N4O3/c1-4-12(3)25-20(27)16(19(26)23-21(25)28)18-17-14(10-11-24(18)5-2)13-8-6-7-9-15(13)22-17/h6-9,12,18,22,27H,4-5,10-11H2,1-3H3,(H,23,26,28)/p+1/t12-,18-/m0/s1. The summed E-state index contributed by atoms with van der Waals surface area (Å²) >= 11 is 0. The molecule has 2 aromatic heterocycles. The average molecular weight is 383 g/mol. The Kier molecular flexibility index (Phi) is 4.63. The molecule has 0 amide bonds.